The summed E-state index contributed by atoms with van der Waals surface area (Å²) in [6.07, 6.45) is 0. The maximum Gasteiger partial charge on any atom is 0.302 e. The highest BCUT2D eigenvalue weighted by Gasteiger charge is 2.15. The number of benzene rings is 2. The number of carbonyl (C=O) groups excluding carboxylic acids is 1. The molecule has 26 heavy (non-hydrogen) atoms. The number of fused-ring (bicyclic) bond motifs is 1. The Kier molecular flexibility index (Phi) is 5.22. The van der Waals surface area contributed by atoms with Gasteiger partial charge in [0.15, 0.2) is 12.3 Å². The molecule has 0 radical (unpaired) electrons. The van der Waals surface area contributed by atoms with Crippen molar-refractivity contribution in [2.45, 2.75) is 0 Å². The van der Waals surface area contributed by atoms with E-state index in [1.807, 2.05) is 12.1 Å². The molecule has 2 aromatic carbocycles. The van der Waals surface area contributed by atoms with E-state index in [0.29, 0.717) is 16.9 Å². The number of hydrogen-bond donors (Lipinski definition) is 1. The molecule has 8 heteroatoms. The van der Waals surface area contributed by atoms with Crippen molar-refractivity contribution in [2.75, 3.05) is 13.7 Å². The smallest absolute Gasteiger partial charge is 0.302 e. The molecule has 0 saturated carbocycles. The van der Waals surface area contributed by atoms with Crippen LogP contribution >= 0.6 is 15.9 Å². The van der Waals surface area contributed by atoms with Gasteiger partial charge in [-0.1, -0.05) is 15.9 Å². The molecule has 1 heterocycles. The third kappa shape index (κ3) is 3.70. The van der Waals surface area contributed by atoms with Gasteiger partial charge < -0.3 is 19.1 Å². The number of azo groups is 1. The topological polar surface area (TPSA) is 85.4 Å². The van der Waals surface area contributed by atoms with Crippen LogP contribution in [0.4, 0.5) is 5.69 Å². The Hall–Kier alpha value is -2.87. The first-order valence-corrected chi connectivity index (χ1v) is 8.47. The van der Waals surface area contributed by atoms with Crippen molar-refractivity contribution in [1.82, 2.24) is 4.57 Å². The Bertz CT molecular complexity index is 980. The minimum Gasteiger partial charge on any atom is -0.497 e. The second-order valence-corrected chi connectivity index (χ2v) is 6.37. The van der Waals surface area contributed by atoms with Crippen LogP contribution in [0.3, 0.4) is 0 Å². The maximum atomic E-state index is 11.9. The van der Waals surface area contributed by atoms with E-state index in [2.05, 4.69) is 26.2 Å². The van der Waals surface area contributed by atoms with Crippen molar-refractivity contribution in [3.8, 4) is 17.4 Å². The van der Waals surface area contributed by atoms with Crippen LogP contribution in [0, 0.1) is 0 Å². The van der Waals surface area contributed by atoms with Crippen molar-refractivity contribution in [3.05, 3.63) is 46.9 Å². The number of methoxy groups -OCH3 is 1. The number of hydrogen-bond acceptors (Lipinski definition) is 5. The Morgan fingerprint density at radius 2 is 1.88 bits per heavy atom. The molecule has 3 aromatic rings. The number of nitrogens with zero attached hydrogens (tertiary/aromatic N) is 3. The van der Waals surface area contributed by atoms with Crippen LogP contribution < -0.4 is 9.47 Å². The van der Waals surface area contributed by atoms with E-state index in [9.17, 15) is 9.90 Å². The number of ether oxygens (including phenoxy) is 2. The standard InChI is InChI=1S/C18H16BrN3O4/c1-22-15-8-7-13(25-2)9-14(15)17(18(22)24)21-20-16(23)10-26-12-5-3-11(19)4-6-12/h3-9,24H,10H2,1-2H3. The van der Waals surface area contributed by atoms with Gasteiger partial charge in [-0.3, -0.25) is 4.79 Å². The van der Waals surface area contributed by atoms with Crippen molar-refractivity contribution < 1.29 is 19.4 Å². The average molecular weight is 418 g/mol. The van der Waals surface area contributed by atoms with E-state index in [-0.39, 0.29) is 18.2 Å². The van der Waals surface area contributed by atoms with E-state index < -0.39 is 5.91 Å². The van der Waals surface area contributed by atoms with Crippen LogP contribution in [0.2, 0.25) is 0 Å². The first kappa shape index (κ1) is 17.9. The number of aromatic nitrogens is 1. The van der Waals surface area contributed by atoms with Gasteiger partial charge in [0.1, 0.15) is 11.5 Å². The second-order valence-electron chi connectivity index (χ2n) is 5.45. The summed E-state index contributed by atoms with van der Waals surface area (Å²) in [6, 6.07) is 12.4. The summed E-state index contributed by atoms with van der Waals surface area (Å²) in [4.78, 5) is 11.9. The summed E-state index contributed by atoms with van der Waals surface area (Å²) in [5, 5.41) is 18.4. The first-order chi connectivity index (χ1) is 12.5. The minimum absolute atomic E-state index is 0.0846. The van der Waals surface area contributed by atoms with Gasteiger partial charge in [0.05, 0.1) is 12.6 Å². The van der Waals surface area contributed by atoms with Crippen LogP contribution in [-0.4, -0.2) is 29.3 Å². The zero-order valence-corrected chi connectivity index (χ0v) is 15.7. The van der Waals surface area contributed by atoms with Gasteiger partial charge in [-0.15, -0.1) is 10.2 Å². The molecular weight excluding hydrogens is 402 g/mol. The lowest BCUT2D eigenvalue weighted by molar-refractivity contribution is -0.120. The predicted octanol–water partition coefficient (Wildman–Crippen LogP) is 4.34. The number of amides is 1. The lowest BCUT2D eigenvalue weighted by atomic mass is 10.2. The Morgan fingerprint density at radius 1 is 1.19 bits per heavy atom. The number of rotatable bonds is 5. The van der Waals surface area contributed by atoms with Crippen molar-refractivity contribution in [2.24, 2.45) is 17.3 Å². The van der Waals surface area contributed by atoms with Crippen molar-refractivity contribution in [3.63, 3.8) is 0 Å². The van der Waals surface area contributed by atoms with E-state index in [1.54, 1.807) is 49.1 Å². The van der Waals surface area contributed by atoms with Crippen LogP contribution in [0.1, 0.15) is 0 Å². The minimum atomic E-state index is -0.563. The van der Waals surface area contributed by atoms with Crippen LogP contribution in [0.5, 0.6) is 17.4 Å². The molecule has 1 aromatic heterocycles. The fraction of sp³-hybridized carbons (Fsp3) is 0.167. The molecule has 0 aliphatic carbocycles. The molecule has 1 N–H and O–H groups in total. The number of aromatic hydroxyl groups is 1. The van der Waals surface area contributed by atoms with E-state index in [4.69, 9.17) is 9.47 Å². The predicted molar refractivity (Wildman–Crippen MR) is 100 cm³/mol. The molecule has 0 bridgehead atoms. The van der Waals surface area contributed by atoms with Gasteiger partial charge in [-0.25, -0.2) is 0 Å². The quantitative estimate of drug-likeness (QED) is 0.625. The number of aryl methyl sites for hydroxylation is 1. The Morgan fingerprint density at radius 3 is 2.58 bits per heavy atom. The summed E-state index contributed by atoms with van der Waals surface area (Å²) in [5.74, 6) is 0.518. The summed E-state index contributed by atoms with van der Waals surface area (Å²) in [5.41, 5.74) is 0.953. The molecule has 1 amide bonds. The Balaban J connectivity index is 1.78. The Labute approximate surface area is 158 Å². The normalized spacial score (nSPS) is 11.2. The van der Waals surface area contributed by atoms with Gasteiger partial charge in [0.25, 0.3) is 0 Å². The molecular formula is C18H16BrN3O4. The molecule has 0 atom stereocenters. The monoisotopic (exact) mass is 417 g/mol. The summed E-state index contributed by atoms with van der Waals surface area (Å²) < 4.78 is 13.0. The highest BCUT2D eigenvalue weighted by Crippen LogP contribution is 2.39. The summed E-state index contributed by atoms with van der Waals surface area (Å²) >= 11 is 3.32. The number of halogens is 1. The van der Waals surface area contributed by atoms with Gasteiger partial charge in [0, 0.05) is 16.9 Å². The van der Waals surface area contributed by atoms with E-state index in [1.165, 1.54) is 0 Å². The highest BCUT2D eigenvalue weighted by atomic mass is 79.9. The largest absolute Gasteiger partial charge is 0.497 e. The zero-order valence-electron chi connectivity index (χ0n) is 14.1. The highest BCUT2D eigenvalue weighted by molar-refractivity contribution is 9.10. The molecule has 134 valence electrons. The van der Waals surface area contributed by atoms with Gasteiger partial charge in [0.2, 0.25) is 5.88 Å². The van der Waals surface area contributed by atoms with Gasteiger partial charge >= 0.3 is 5.91 Å². The first-order valence-electron chi connectivity index (χ1n) is 7.68. The van der Waals surface area contributed by atoms with Gasteiger partial charge in [-0.05, 0) is 42.5 Å². The average Bonchev–Trinajstić information content (AvgIpc) is 2.89. The third-order valence-corrected chi connectivity index (χ3v) is 4.32. The molecule has 3 rings (SSSR count). The van der Waals surface area contributed by atoms with E-state index in [0.717, 1.165) is 9.99 Å². The second kappa shape index (κ2) is 7.57. The molecule has 0 unspecified atom stereocenters. The molecule has 0 spiro atoms. The number of carbonyl (C=O) groups is 1. The fourth-order valence-corrected chi connectivity index (χ4v) is 2.69. The van der Waals surface area contributed by atoms with Crippen molar-refractivity contribution >= 4 is 38.4 Å². The summed E-state index contributed by atoms with van der Waals surface area (Å²) in [7, 11) is 3.25. The van der Waals surface area contributed by atoms with Crippen LogP contribution in [0.15, 0.2) is 57.2 Å². The lowest BCUT2D eigenvalue weighted by Crippen LogP contribution is -2.07. The maximum absolute atomic E-state index is 11.9. The molecule has 7 nitrogen and oxygen atoms in total. The summed E-state index contributed by atoms with van der Waals surface area (Å²) in [6.45, 7) is -0.250. The van der Waals surface area contributed by atoms with Crippen LogP contribution in [-0.2, 0) is 11.8 Å². The SMILES string of the molecule is COc1ccc2c(c1)c(N=NC(=O)COc1ccc(Br)cc1)c(O)n2C. The molecule has 0 saturated heterocycles. The van der Waals surface area contributed by atoms with Gasteiger partial charge in [-0.2, -0.15) is 0 Å². The zero-order chi connectivity index (χ0) is 18.7. The van der Waals surface area contributed by atoms with E-state index >= 15 is 0 Å². The van der Waals surface area contributed by atoms with Crippen molar-refractivity contribution in [1.29, 1.82) is 0 Å². The molecule has 0 aliphatic heterocycles. The third-order valence-electron chi connectivity index (χ3n) is 3.79. The molecule has 0 aliphatic rings. The lowest BCUT2D eigenvalue weighted by Gasteiger charge is -2.02. The molecule has 0 fully saturated rings. The van der Waals surface area contributed by atoms with Crippen LogP contribution in [0.25, 0.3) is 10.9 Å². The fourth-order valence-electron chi connectivity index (χ4n) is 2.43.